The van der Waals surface area contributed by atoms with E-state index in [2.05, 4.69) is 25.3 Å². The van der Waals surface area contributed by atoms with E-state index in [1.807, 2.05) is 0 Å². The highest BCUT2D eigenvalue weighted by Crippen LogP contribution is 2.16. The van der Waals surface area contributed by atoms with Gasteiger partial charge in [0, 0.05) is 28.8 Å². The molecule has 0 aliphatic carbocycles. The molecular weight excluding hydrogens is 473 g/mol. The number of amidine groups is 2. The lowest BCUT2D eigenvalue weighted by Crippen LogP contribution is -2.26. The van der Waals surface area contributed by atoms with Crippen molar-refractivity contribution in [1.29, 1.82) is 0 Å². The highest BCUT2D eigenvalue weighted by atomic mass is 35.5. The van der Waals surface area contributed by atoms with Gasteiger partial charge in [-0.1, -0.05) is 36.0 Å². The van der Waals surface area contributed by atoms with Crippen molar-refractivity contribution in [3.8, 4) is 0 Å². The molecule has 11 heteroatoms. The molecule has 182 valence electrons. The van der Waals surface area contributed by atoms with Gasteiger partial charge in [0.2, 0.25) is 11.9 Å². The van der Waals surface area contributed by atoms with E-state index >= 15 is 0 Å². The lowest BCUT2D eigenvalue weighted by Gasteiger charge is -2.05. The molecule has 9 nitrogen and oxygen atoms in total. The van der Waals surface area contributed by atoms with E-state index < -0.39 is 0 Å². The minimum atomic E-state index is 0.134. The number of benzene rings is 2. The largest absolute Gasteiger partial charge is 0.387 e. The number of rotatable bonds is 11. The molecule has 0 fully saturated rings. The summed E-state index contributed by atoms with van der Waals surface area (Å²) in [6, 6.07) is 14.2. The van der Waals surface area contributed by atoms with Crippen molar-refractivity contribution >= 4 is 58.2 Å². The van der Waals surface area contributed by atoms with Crippen LogP contribution >= 0.6 is 23.2 Å². The van der Waals surface area contributed by atoms with Gasteiger partial charge in [0.1, 0.15) is 11.7 Å². The van der Waals surface area contributed by atoms with Gasteiger partial charge in [-0.05, 0) is 61.4 Å². The van der Waals surface area contributed by atoms with Crippen molar-refractivity contribution in [2.75, 3.05) is 18.4 Å². The van der Waals surface area contributed by atoms with E-state index in [0.717, 1.165) is 37.1 Å². The second-order valence-corrected chi connectivity index (χ2v) is 8.29. The van der Waals surface area contributed by atoms with E-state index in [1.54, 1.807) is 48.5 Å². The smallest absolute Gasteiger partial charge is 0.218 e. The Morgan fingerprint density at radius 3 is 1.88 bits per heavy atom. The van der Waals surface area contributed by atoms with Crippen LogP contribution in [0.1, 0.15) is 32.1 Å². The van der Waals surface area contributed by atoms with E-state index in [4.69, 9.17) is 46.1 Å². The lowest BCUT2D eigenvalue weighted by atomic mass is 10.2. The van der Waals surface area contributed by atoms with Crippen molar-refractivity contribution in [3.05, 3.63) is 58.6 Å². The molecule has 0 atom stereocenters. The van der Waals surface area contributed by atoms with Gasteiger partial charge in [-0.15, -0.1) is 0 Å². The Morgan fingerprint density at radius 2 is 1.26 bits per heavy atom. The summed E-state index contributed by atoms with van der Waals surface area (Å²) in [7, 11) is 0. The molecule has 2 aromatic carbocycles. The second kappa shape index (κ2) is 14.8. The van der Waals surface area contributed by atoms with Crippen molar-refractivity contribution < 1.29 is 0 Å². The number of hydrogen-bond donors (Lipinski definition) is 5. The Bertz CT molecular complexity index is 1010. The fourth-order valence-electron chi connectivity index (χ4n) is 2.82. The number of nitrogens with two attached hydrogens (primary N) is 4. The molecule has 0 amide bonds. The first-order valence-electron chi connectivity index (χ1n) is 10.9. The summed E-state index contributed by atoms with van der Waals surface area (Å²) in [5, 5.41) is 4.21. The first kappa shape index (κ1) is 26.9. The average Bonchev–Trinajstić information content (AvgIpc) is 2.78. The molecule has 0 radical (unpaired) electrons. The molecule has 0 heterocycles. The third-order valence-corrected chi connectivity index (χ3v) is 4.97. The van der Waals surface area contributed by atoms with Crippen LogP contribution in [0.5, 0.6) is 0 Å². The van der Waals surface area contributed by atoms with Crippen LogP contribution in [0.25, 0.3) is 0 Å². The van der Waals surface area contributed by atoms with Crippen LogP contribution in [0.4, 0.5) is 11.4 Å². The van der Waals surface area contributed by atoms with Crippen LogP contribution in [-0.2, 0) is 0 Å². The number of nitrogens with one attached hydrogen (secondary N) is 1. The molecule has 0 bridgehead atoms. The van der Waals surface area contributed by atoms with Gasteiger partial charge in [-0.2, -0.15) is 4.99 Å². The maximum absolute atomic E-state index is 5.95. The summed E-state index contributed by atoms with van der Waals surface area (Å²) in [6.07, 6.45) is 4.14. The number of aliphatic imine (C=N–C) groups is 4. The van der Waals surface area contributed by atoms with Crippen LogP contribution < -0.4 is 28.3 Å². The SMILES string of the molecule is NC(CC(N)=Nc1ccc(Cl)cc1)=NCCCCCCN=C(N)/N=C(/N)Nc1ccc(Cl)cc1. The summed E-state index contributed by atoms with van der Waals surface area (Å²) in [5.74, 6) is 1.17. The summed E-state index contributed by atoms with van der Waals surface area (Å²) < 4.78 is 0. The molecule has 0 aliphatic heterocycles. The molecule has 34 heavy (non-hydrogen) atoms. The second-order valence-electron chi connectivity index (χ2n) is 7.41. The van der Waals surface area contributed by atoms with E-state index in [9.17, 15) is 0 Å². The van der Waals surface area contributed by atoms with E-state index in [0.29, 0.717) is 41.2 Å². The maximum Gasteiger partial charge on any atom is 0.218 e. The first-order chi connectivity index (χ1) is 16.3. The van der Waals surface area contributed by atoms with E-state index in [-0.39, 0.29) is 11.9 Å². The van der Waals surface area contributed by atoms with E-state index in [1.165, 1.54) is 0 Å². The first-order valence-corrected chi connectivity index (χ1v) is 11.6. The molecule has 0 spiro atoms. The highest BCUT2D eigenvalue weighted by Gasteiger charge is 2.00. The molecule has 0 saturated heterocycles. The molecule has 0 aliphatic rings. The molecule has 0 unspecified atom stereocenters. The zero-order valence-corrected chi connectivity index (χ0v) is 20.4. The van der Waals surface area contributed by atoms with Crippen molar-refractivity contribution in [2.24, 2.45) is 42.9 Å². The van der Waals surface area contributed by atoms with Crippen LogP contribution in [0.2, 0.25) is 10.0 Å². The summed E-state index contributed by atoms with van der Waals surface area (Å²) in [6.45, 7) is 1.22. The van der Waals surface area contributed by atoms with Crippen molar-refractivity contribution in [1.82, 2.24) is 0 Å². The Labute approximate surface area is 210 Å². The molecule has 0 saturated carbocycles. The molecule has 2 rings (SSSR count). The normalized spacial score (nSPS) is 13.2. The molecule has 9 N–H and O–H groups in total. The Kier molecular flexibility index (Phi) is 11.7. The maximum atomic E-state index is 5.95. The minimum Gasteiger partial charge on any atom is -0.387 e. The van der Waals surface area contributed by atoms with Gasteiger partial charge in [-0.3, -0.25) is 9.98 Å². The van der Waals surface area contributed by atoms with Gasteiger partial charge in [0.05, 0.1) is 12.1 Å². The zero-order chi connectivity index (χ0) is 24.8. The van der Waals surface area contributed by atoms with Crippen LogP contribution in [0.3, 0.4) is 0 Å². The average molecular weight is 504 g/mol. The topological polar surface area (TPSA) is 166 Å². The van der Waals surface area contributed by atoms with Gasteiger partial charge < -0.3 is 28.3 Å². The van der Waals surface area contributed by atoms with Crippen LogP contribution in [0, 0.1) is 0 Å². The predicted molar refractivity (Wildman–Crippen MR) is 145 cm³/mol. The number of unbranched alkanes of at least 4 members (excludes halogenated alkanes) is 3. The standard InChI is InChI=1S/C23H31Cl2N9/c24-16-5-9-18(10-6-16)32-21(27)15-20(26)30-13-3-1-2-4-14-31-22(28)34-23(29)33-19-11-7-17(25)8-12-19/h5-12H,1-4,13-15H2,(H2,26,30)(H2,27,32)(H5,28,29,31,33,34). The Balaban J connectivity index is 1.60. The minimum absolute atomic E-state index is 0.134. The number of hydrogen-bond acceptors (Lipinski definition) is 3. The van der Waals surface area contributed by atoms with Crippen LogP contribution in [0.15, 0.2) is 68.5 Å². The Hall–Kier alpha value is -3.30. The number of guanidine groups is 2. The van der Waals surface area contributed by atoms with Gasteiger partial charge >= 0.3 is 0 Å². The van der Waals surface area contributed by atoms with Crippen LogP contribution in [-0.4, -0.2) is 36.7 Å². The number of nitrogens with zero attached hydrogens (tertiary/aromatic N) is 4. The fraction of sp³-hybridized carbons (Fsp3) is 0.304. The number of halogens is 2. The molecule has 0 aromatic heterocycles. The highest BCUT2D eigenvalue weighted by molar-refractivity contribution is 6.31. The Morgan fingerprint density at radius 1 is 0.706 bits per heavy atom. The van der Waals surface area contributed by atoms with Gasteiger partial charge in [0.15, 0.2) is 0 Å². The van der Waals surface area contributed by atoms with Gasteiger partial charge in [-0.25, -0.2) is 4.99 Å². The summed E-state index contributed by atoms with van der Waals surface area (Å²) >= 11 is 11.7. The van der Waals surface area contributed by atoms with Crippen molar-refractivity contribution in [2.45, 2.75) is 32.1 Å². The van der Waals surface area contributed by atoms with Crippen molar-refractivity contribution in [3.63, 3.8) is 0 Å². The zero-order valence-electron chi connectivity index (χ0n) is 18.9. The molecule has 2 aromatic rings. The third-order valence-electron chi connectivity index (χ3n) is 4.47. The predicted octanol–water partition coefficient (Wildman–Crippen LogP) is 4.03. The third kappa shape index (κ3) is 11.5. The monoisotopic (exact) mass is 503 g/mol. The molecular formula is C23H31Cl2N9. The lowest BCUT2D eigenvalue weighted by molar-refractivity contribution is 0.653. The summed E-state index contributed by atoms with van der Waals surface area (Å²) in [5.41, 5.74) is 25.0. The number of anilines is 1. The van der Waals surface area contributed by atoms with Gasteiger partial charge in [0.25, 0.3) is 0 Å². The quantitative estimate of drug-likeness (QED) is 0.177. The summed E-state index contributed by atoms with van der Waals surface area (Å²) in [4.78, 5) is 16.9. The fourth-order valence-corrected chi connectivity index (χ4v) is 3.08.